The maximum absolute atomic E-state index is 11.9. The van der Waals surface area contributed by atoms with E-state index in [0.717, 1.165) is 18.5 Å². The molecule has 1 aliphatic rings. The molecule has 0 saturated heterocycles. The molecule has 0 spiro atoms. The highest BCUT2D eigenvalue weighted by atomic mass is 16.2. The molecule has 1 aromatic heterocycles. The molecule has 0 aliphatic heterocycles. The van der Waals surface area contributed by atoms with Crippen molar-refractivity contribution >= 4 is 5.91 Å². The van der Waals surface area contributed by atoms with Crippen LogP contribution in [-0.4, -0.2) is 21.7 Å². The molecule has 0 radical (unpaired) electrons. The van der Waals surface area contributed by atoms with Crippen LogP contribution >= 0.6 is 0 Å². The van der Waals surface area contributed by atoms with Gasteiger partial charge in [-0.05, 0) is 25.8 Å². The van der Waals surface area contributed by atoms with Gasteiger partial charge >= 0.3 is 0 Å². The van der Waals surface area contributed by atoms with Crippen LogP contribution in [-0.2, 0) is 11.3 Å². The number of aryl methyl sites for hydroxylation is 1. The first-order valence-electron chi connectivity index (χ1n) is 6.53. The summed E-state index contributed by atoms with van der Waals surface area (Å²) in [6.45, 7) is 2.31. The minimum atomic E-state index is 0.0868. The number of aromatic nitrogens is 2. The standard InChI is InChI=1S/C13H21N3O/c1-11-8-9-14-16(11)10-13(17)15-12-6-4-2-3-5-7-12/h8-9,12H,2-7,10H2,1H3,(H,15,17). The Morgan fingerprint density at radius 2 is 2.12 bits per heavy atom. The fourth-order valence-electron chi connectivity index (χ4n) is 2.40. The van der Waals surface area contributed by atoms with Crippen molar-refractivity contribution in [3.63, 3.8) is 0 Å². The van der Waals surface area contributed by atoms with E-state index in [2.05, 4.69) is 10.4 Å². The average molecular weight is 235 g/mol. The highest BCUT2D eigenvalue weighted by molar-refractivity contribution is 5.76. The first kappa shape index (κ1) is 12.1. The van der Waals surface area contributed by atoms with Gasteiger partial charge in [0.05, 0.1) is 0 Å². The summed E-state index contributed by atoms with van der Waals surface area (Å²) in [5.41, 5.74) is 1.03. The second-order valence-electron chi connectivity index (χ2n) is 4.89. The van der Waals surface area contributed by atoms with E-state index in [1.165, 1.54) is 25.7 Å². The monoisotopic (exact) mass is 235 g/mol. The molecular weight excluding hydrogens is 214 g/mol. The third-order valence-corrected chi connectivity index (χ3v) is 3.44. The summed E-state index contributed by atoms with van der Waals surface area (Å²) in [6.07, 6.45) is 9.09. The molecule has 1 aliphatic carbocycles. The van der Waals surface area contributed by atoms with Gasteiger partial charge in [0.15, 0.2) is 0 Å². The normalized spacial score (nSPS) is 17.7. The SMILES string of the molecule is Cc1ccnn1CC(=O)NC1CCCCCC1. The van der Waals surface area contributed by atoms with Gasteiger partial charge in [-0.3, -0.25) is 9.48 Å². The van der Waals surface area contributed by atoms with Crippen molar-refractivity contribution in [2.24, 2.45) is 0 Å². The van der Waals surface area contributed by atoms with E-state index < -0.39 is 0 Å². The minimum absolute atomic E-state index is 0.0868. The number of amides is 1. The summed E-state index contributed by atoms with van der Waals surface area (Å²) >= 11 is 0. The third-order valence-electron chi connectivity index (χ3n) is 3.44. The van der Waals surface area contributed by atoms with Gasteiger partial charge in [-0.25, -0.2) is 0 Å². The van der Waals surface area contributed by atoms with Gasteiger partial charge in [0.2, 0.25) is 5.91 Å². The molecule has 0 aromatic carbocycles. The molecule has 94 valence electrons. The molecule has 0 unspecified atom stereocenters. The van der Waals surface area contributed by atoms with E-state index in [1.807, 2.05) is 13.0 Å². The number of rotatable bonds is 3. The van der Waals surface area contributed by atoms with Crippen LogP contribution in [0.2, 0.25) is 0 Å². The lowest BCUT2D eigenvalue weighted by atomic mass is 10.1. The Bertz CT molecular complexity index is 364. The molecule has 0 bridgehead atoms. The topological polar surface area (TPSA) is 46.9 Å². The van der Waals surface area contributed by atoms with Crippen molar-refractivity contribution in [3.8, 4) is 0 Å². The molecular formula is C13H21N3O. The molecule has 1 N–H and O–H groups in total. The Morgan fingerprint density at radius 1 is 1.41 bits per heavy atom. The lowest BCUT2D eigenvalue weighted by Crippen LogP contribution is -2.37. The maximum atomic E-state index is 11.9. The van der Waals surface area contributed by atoms with Crippen molar-refractivity contribution in [1.82, 2.24) is 15.1 Å². The maximum Gasteiger partial charge on any atom is 0.241 e. The summed E-state index contributed by atoms with van der Waals surface area (Å²) in [6, 6.07) is 2.29. The Morgan fingerprint density at radius 3 is 2.71 bits per heavy atom. The smallest absolute Gasteiger partial charge is 0.241 e. The molecule has 1 aromatic rings. The summed E-state index contributed by atoms with van der Waals surface area (Å²) < 4.78 is 1.74. The van der Waals surface area contributed by atoms with E-state index in [-0.39, 0.29) is 5.91 Å². The zero-order valence-electron chi connectivity index (χ0n) is 10.5. The van der Waals surface area contributed by atoms with Crippen LogP contribution in [0.15, 0.2) is 12.3 Å². The van der Waals surface area contributed by atoms with Crippen molar-refractivity contribution in [3.05, 3.63) is 18.0 Å². The van der Waals surface area contributed by atoms with Gasteiger partial charge < -0.3 is 5.32 Å². The zero-order chi connectivity index (χ0) is 12.1. The van der Waals surface area contributed by atoms with Crippen LogP contribution in [0.3, 0.4) is 0 Å². The average Bonchev–Trinajstić information content (AvgIpc) is 2.55. The fourth-order valence-corrected chi connectivity index (χ4v) is 2.40. The Balaban J connectivity index is 1.82. The molecule has 1 saturated carbocycles. The number of hydrogen-bond donors (Lipinski definition) is 1. The van der Waals surface area contributed by atoms with Gasteiger partial charge in [-0.1, -0.05) is 25.7 Å². The van der Waals surface area contributed by atoms with Crippen molar-refractivity contribution < 1.29 is 4.79 Å². The predicted octanol–water partition coefficient (Wildman–Crippen LogP) is 2.03. The summed E-state index contributed by atoms with van der Waals surface area (Å²) in [5.74, 6) is 0.0868. The van der Waals surface area contributed by atoms with Crippen LogP contribution in [0.5, 0.6) is 0 Å². The van der Waals surface area contributed by atoms with Crippen molar-refractivity contribution in [2.45, 2.75) is 58.0 Å². The van der Waals surface area contributed by atoms with E-state index in [0.29, 0.717) is 12.6 Å². The second-order valence-corrected chi connectivity index (χ2v) is 4.89. The first-order valence-corrected chi connectivity index (χ1v) is 6.53. The van der Waals surface area contributed by atoms with Crippen LogP contribution in [0.1, 0.15) is 44.2 Å². The second kappa shape index (κ2) is 5.84. The number of nitrogens with one attached hydrogen (secondary N) is 1. The number of hydrogen-bond acceptors (Lipinski definition) is 2. The highest BCUT2D eigenvalue weighted by Crippen LogP contribution is 2.17. The third kappa shape index (κ3) is 3.58. The molecule has 2 rings (SSSR count). The van der Waals surface area contributed by atoms with Gasteiger partial charge in [0.1, 0.15) is 6.54 Å². The van der Waals surface area contributed by atoms with E-state index in [9.17, 15) is 4.79 Å². The summed E-state index contributed by atoms with van der Waals surface area (Å²) in [7, 11) is 0. The van der Waals surface area contributed by atoms with E-state index in [4.69, 9.17) is 0 Å². The molecule has 1 heterocycles. The molecule has 1 amide bonds. The van der Waals surface area contributed by atoms with Crippen molar-refractivity contribution in [2.75, 3.05) is 0 Å². The quantitative estimate of drug-likeness (QED) is 0.815. The van der Waals surface area contributed by atoms with Crippen LogP contribution in [0, 0.1) is 6.92 Å². The molecule has 1 fully saturated rings. The molecule has 4 heteroatoms. The van der Waals surface area contributed by atoms with Gasteiger partial charge in [0, 0.05) is 17.9 Å². The highest BCUT2D eigenvalue weighted by Gasteiger charge is 2.15. The fraction of sp³-hybridized carbons (Fsp3) is 0.692. The minimum Gasteiger partial charge on any atom is -0.352 e. The largest absolute Gasteiger partial charge is 0.352 e. The number of carbonyl (C=O) groups is 1. The van der Waals surface area contributed by atoms with Crippen molar-refractivity contribution in [1.29, 1.82) is 0 Å². The van der Waals surface area contributed by atoms with Crippen LogP contribution in [0.25, 0.3) is 0 Å². The lowest BCUT2D eigenvalue weighted by molar-refractivity contribution is -0.122. The zero-order valence-corrected chi connectivity index (χ0v) is 10.5. The van der Waals surface area contributed by atoms with E-state index >= 15 is 0 Å². The first-order chi connectivity index (χ1) is 8.25. The predicted molar refractivity (Wildman–Crippen MR) is 66.6 cm³/mol. The van der Waals surface area contributed by atoms with Crippen LogP contribution < -0.4 is 5.32 Å². The molecule has 0 atom stereocenters. The number of nitrogens with zero attached hydrogens (tertiary/aromatic N) is 2. The van der Waals surface area contributed by atoms with Gasteiger partial charge in [-0.2, -0.15) is 5.10 Å². The summed E-state index contributed by atoms with van der Waals surface area (Å²) in [4.78, 5) is 11.9. The Labute approximate surface area is 102 Å². The summed E-state index contributed by atoms with van der Waals surface area (Å²) in [5, 5.41) is 7.25. The Hall–Kier alpha value is -1.32. The van der Waals surface area contributed by atoms with Crippen LogP contribution in [0.4, 0.5) is 0 Å². The van der Waals surface area contributed by atoms with E-state index in [1.54, 1.807) is 10.9 Å². The molecule has 17 heavy (non-hydrogen) atoms. The van der Waals surface area contributed by atoms with Gasteiger partial charge in [0.25, 0.3) is 0 Å². The Kier molecular flexibility index (Phi) is 4.18. The lowest BCUT2D eigenvalue weighted by Gasteiger charge is -2.16. The van der Waals surface area contributed by atoms with Gasteiger partial charge in [-0.15, -0.1) is 0 Å². The molecule has 4 nitrogen and oxygen atoms in total. The number of carbonyl (C=O) groups excluding carboxylic acids is 1.